The molecular weight excluding hydrogens is 338 g/mol. The molecule has 0 bridgehead atoms. The van der Waals surface area contributed by atoms with Gasteiger partial charge in [-0.1, -0.05) is 24.3 Å². The van der Waals surface area contributed by atoms with Crippen molar-refractivity contribution in [3.63, 3.8) is 0 Å². The normalized spacial score (nSPS) is 10.5. The van der Waals surface area contributed by atoms with Gasteiger partial charge in [0, 0.05) is 5.39 Å². The van der Waals surface area contributed by atoms with E-state index in [1.807, 2.05) is 0 Å². The van der Waals surface area contributed by atoms with Crippen LogP contribution in [0.2, 0.25) is 0 Å². The van der Waals surface area contributed by atoms with Crippen molar-refractivity contribution in [1.29, 1.82) is 0 Å². The lowest BCUT2D eigenvalue weighted by Gasteiger charge is -2.09. The van der Waals surface area contributed by atoms with E-state index in [1.54, 1.807) is 37.3 Å². The first kappa shape index (κ1) is 17.2. The second-order valence-electron chi connectivity index (χ2n) is 5.36. The van der Waals surface area contributed by atoms with Crippen LogP contribution < -0.4 is 15.7 Å². The maximum atomic E-state index is 12.5. The summed E-state index contributed by atoms with van der Waals surface area (Å²) in [4.78, 5) is 35.9. The lowest BCUT2D eigenvalue weighted by atomic mass is 10.1. The number of ether oxygens (including phenoxy) is 1. The van der Waals surface area contributed by atoms with Gasteiger partial charge in [-0.2, -0.15) is 0 Å². The molecule has 2 aromatic carbocycles. The third kappa shape index (κ3) is 3.27. The van der Waals surface area contributed by atoms with Gasteiger partial charge in [0.25, 0.3) is 5.91 Å². The number of carbonyl (C=O) groups is 2. The minimum Gasteiger partial charge on any atom is -0.490 e. The molecule has 3 rings (SSSR count). The molecule has 2 N–H and O–H groups in total. The van der Waals surface area contributed by atoms with Crippen molar-refractivity contribution >= 4 is 28.5 Å². The van der Waals surface area contributed by atoms with Gasteiger partial charge in [-0.25, -0.2) is 9.59 Å². The first-order valence-electron chi connectivity index (χ1n) is 7.84. The van der Waals surface area contributed by atoms with Gasteiger partial charge in [0.15, 0.2) is 11.3 Å². The van der Waals surface area contributed by atoms with Gasteiger partial charge in [-0.3, -0.25) is 4.79 Å². The third-order valence-corrected chi connectivity index (χ3v) is 3.67. The molecule has 0 aliphatic rings. The van der Waals surface area contributed by atoms with E-state index in [4.69, 9.17) is 9.15 Å². The van der Waals surface area contributed by atoms with Crippen molar-refractivity contribution in [3.05, 3.63) is 70.1 Å². The Labute approximate surface area is 147 Å². The summed E-state index contributed by atoms with van der Waals surface area (Å²) in [7, 11) is 0. The van der Waals surface area contributed by atoms with Crippen LogP contribution in [0.25, 0.3) is 11.0 Å². The van der Waals surface area contributed by atoms with E-state index >= 15 is 0 Å². The van der Waals surface area contributed by atoms with Crippen molar-refractivity contribution < 1.29 is 23.8 Å². The number of carboxylic acids is 1. The summed E-state index contributed by atoms with van der Waals surface area (Å²) in [5.74, 6) is -1.53. The van der Waals surface area contributed by atoms with Gasteiger partial charge in [0.2, 0.25) is 0 Å². The van der Waals surface area contributed by atoms with E-state index in [0.29, 0.717) is 17.7 Å². The van der Waals surface area contributed by atoms with Crippen molar-refractivity contribution in [2.45, 2.75) is 6.92 Å². The zero-order valence-corrected chi connectivity index (χ0v) is 13.8. The van der Waals surface area contributed by atoms with Gasteiger partial charge >= 0.3 is 11.6 Å². The maximum Gasteiger partial charge on any atom is 0.349 e. The average Bonchev–Trinajstić information content (AvgIpc) is 2.62. The van der Waals surface area contributed by atoms with Crippen LogP contribution in [0.3, 0.4) is 0 Å². The fraction of sp³-hybridized carbons (Fsp3) is 0.105. The first-order valence-corrected chi connectivity index (χ1v) is 7.84. The summed E-state index contributed by atoms with van der Waals surface area (Å²) in [6.45, 7) is 2.20. The molecule has 1 amide bonds. The summed E-state index contributed by atoms with van der Waals surface area (Å²) in [6, 6.07) is 12.4. The Kier molecular flexibility index (Phi) is 4.70. The molecular formula is C19H15NO6. The topological polar surface area (TPSA) is 106 Å². The lowest BCUT2D eigenvalue weighted by molar-refractivity contribution is 0.0698. The van der Waals surface area contributed by atoms with Crippen molar-refractivity contribution in [2.75, 3.05) is 11.9 Å². The number of para-hydroxylation sites is 2. The molecule has 3 aromatic rings. The summed E-state index contributed by atoms with van der Waals surface area (Å²) in [5.41, 5.74) is -0.805. The highest BCUT2D eigenvalue weighted by Crippen LogP contribution is 2.25. The Hall–Kier alpha value is -3.61. The highest BCUT2D eigenvalue weighted by Gasteiger charge is 2.18. The SMILES string of the molecule is CCOc1cccc2cc(C(=O)Nc3ccccc3C(=O)O)c(=O)oc12. The number of carboxylic acid groups (broad SMARTS) is 1. The number of benzene rings is 2. The predicted molar refractivity (Wildman–Crippen MR) is 95.0 cm³/mol. The monoisotopic (exact) mass is 353 g/mol. The average molecular weight is 353 g/mol. The fourth-order valence-corrected chi connectivity index (χ4v) is 2.51. The van der Waals surface area contributed by atoms with Gasteiger partial charge in [0.1, 0.15) is 5.56 Å². The number of hydrogen-bond donors (Lipinski definition) is 2. The minimum atomic E-state index is -1.19. The van der Waals surface area contributed by atoms with Crippen LogP contribution in [0.15, 0.2) is 57.7 Å². The number of fused-ring (bicyclic) bond motifs is 1. The van der Waals surface area contributed by atoms with E-state index in [-0.39, 0.29) is 22.4 Å². The van der Waals surface area contributed by atoms with Gasteiger partial charge in [0.05, 0.1) is 17.9 Å². The molecule has 0 aliphatic heterocycles. The molecule has 0 unspecified atom stereocenters. The molecule has 0 spiro atoms. The molecule has 7 heteroatoms. The summed E-state index contributed by atoms with van der Waals surface area (Å²) >= 11 is 0. The molecule has 1 heterocycles. The molecule has 0 saturated heterocycles. The number of rotatable bonds is 5. The Morgan fingerprint density at radius 3 is 2.62 bits per heavy atom. The smallest absolute Gasteiger partial charge is 0.349 e. The molecule has 0 aliphatic carbocycles. The summed E-state index contributed by atoms with van der Waals surface area (Å²) < 4.78 is 10.7. The van der Waals surface area contributed by atoms with Crippen LogP contribution in [0.5, 0.6) is 5.75 Å². The lowest BCUT2D eigenvalue weighted by Crippen LogP contribution is -2.21. The molecule has 132 valence electrons. The number of carbonyl (C=O) groups excluding carboxylic acids is 1. The summed E-state index contributed by atoms with van der Waals surface area (Å²) in [6.07, 6.45) is 0. The molecule has 0 radical (unpaired) electrons. The summed E-state index contributed by atoms with van der Waals surface area (Å²) in [5, 5.41) is 12.1. The van der Waals surface area contributed by atoms with Crippen LogP contribution >= 0.6 is 0 Å². The van der Waals surface area contributed by atoms with E-state index < -0.39 is 17.5 Å². The largest absolute Gasteiger partial charge is 0.490 e. The Morgan fingerprint density at radius 2 is 1.88 bits per heavy atom. The first-order chi connectivity index (χ1) is 12.5. The molecule has 1 aromatic heterocycles. The van der Waals surface area contributed by atoms with Gasteiger partial charge in [-0.05, 0) is 31.2 Å². The second-order valence-corrected chi connectivity index (χ2v) is 5.36. The predicted octanol–water partition coefficient (Wildman–Crippen LogP) is 3.14. The minimum absolute atomic E-state index is 0.0790. The number of anilines is 1. The second kappa shape index (κ2) is 7.10. The van der Waals surface area contributed by atoms with Gasteiger partial charge < -0.3 is 19.6 Å². The van der Waals surface area contributed by atoms with Crippen LogP contribution in [0.1, 0.15) is 27.6 Å². The van der Waals surface area contributed by atoms with Crippen molar-refractivity contribution in [2.24, 2.45) is 0 Å². The number of nitrogens with one attached hydrogen (secondary N) is 1. The van der Waals surface area contributed by atoms with Crippen LogP contribution in [0.4, 0.5) is 5.69 Å². The highest BCUT2D eigenvalue weighted by molar-refractivity contribution is 6.08. The Bertz CT molecular complexity index is 1050. The maximum absolute atomic E-state index is 12.5. The van der Waals surface area contributed by atoms with Crippen LogP contribution in [-0.4, -0.2) is 23.6 Å². The van der Waals surface area contributed by atoms with Crippen LogP contribution in [-0.2, 0) is 0 Å². The van der Waals surface area contributed by atoms with Crippen molar-refractivity contribution in [1.82, 2.24) is 0 Å². The van der Waals surface area contributed by atoms with E-state index in [9.17, 15) is 19.5 Å². The van der Waals surface area contributed by atoms with Gasteiger partial charge in [-0.15, -0.1) is 0 Å². The zero-order chi connectivity index (χ0) is 18.7. The standard InChI is InChI=1S/C19H15NO6/c1-2-25-15-9-5-6-11-10-13(19(24)26-16(11)15)17(21)20-14-8-4-3-7-12(14)18(22)23/h3-10H,2H2,1H3,(H,20,21)(H,22,23). The number of aromatic carboxylic acids is 1. The Balaban J connectivity index is 2.01. The third-order valence-electron chi connectivity index (χ3n) is 3.67. The number of amides is 1. The Morgan fingerprint density at radius 1 is 1.12 bits per heavy atom. The highest BCUT2D eigenvalue weighted by atomic mass is 16.5. The fourth-order valence-electron chi connectivity index (χ4n) is 2.51. The quantitative estimate of drug-likeness (QED) is 0.683. The van der Waals surface area contributed by atoms with E-state index in [2.05, 4.69) is 5.32 Å². The number of hydrogen-bond acceptors (Lipinski definition) is 5. The molecule has 26 heavy (non-hydrogen) atoms. The van der Waals surface area contributed by atoms with Crippen LogP contribution in [0, 0.1) is 0 Å². The van der Waals surface area contributed by atoms with Crippen molar-refractivity contribution in [3.8, 4) is 5.75 Å². The van der Waals surface area contributed by atoms with E-state index in [1.165, 1.54) is 18.2 Å². The molecule has 7 nitrogen and oxygen atoms in total. The molecule has 0 saturated carbocycles. The molecule has 0 fully saturated rings. The van der Waals surface area contributed by atoms with E-state index in [0.717, 1.165) is 0 Å². The zero-order valence-electron chi connectivity index (χ0n) is 13.8. The molecule has 0 atom stereocenters.